The van der Waals surface area contributed by atoms with Crippen LogP contribution < -0.4 is 25.7 Å². The van der Waals surface area contributed by atoms with Crippen LogP contribution in [0.15, 0.2) is 142 Å². The molecule has 6 aliphatic heterocycles. The van der Waals surface area contributed by atoms with Crippen LogP contribution in [0.3, 0.4) is 0 Å². The summed E-state index contributed by atoms with van der Waals surface area (Å²) in [4.78, 5) is 66.5. The number of allylic oxidation sites excluding steroid dienone is 3. The van der Waals surface area contributed by atoms with Crippen LogP contribution >= 0.6 is 68.8 Å². The molecule has 0 bridgehead atoms. The molecule has 0 spiro atoms. The largest absolute Gasteiger partial charge is 0.466 e. The summed E-state index contributed by atoms with van der Waals surface area (Å²) in [7, 11) is -8.47. The van der Waals surface area contributed by atoms with Gasteiger partial charge in [0, 0.05) is 140 Å². The number of benzene rings is 3. The molecule has 0 radical (unpaired) electrons. The zero-order chi connectivity index (χ0) is 83.8. The summed E-state index contributed by atoms with van der Waals surface area (Å²) in [6.45, 7) is 24.8. The van der Waals surface area contributed by atoms with Crippen LogP contribution in [0, 0.1) is 40.0 Å². The number of piperidine rings is 3. The van der Waals surface area contributed by atoms with E-state index >= 15 is 0 Å². The average Bonchev–Trinajstić information content (AvgIpc) is 0.966. The topological polar surface area (TPSA) is 326 Å². The number of rotatable bonds is 17. The first-order chi connectivity index (χ1) is 53.4. The van der Waals surface area contributed by atoms with E-state index < -0.39 is 99.8 Å². The third-order valence-electron chi connectivity index (χ3n) is 21.1. The van der Waals surface area contributed by atoms with Crippen LogP contribution in [0.25, 0.3) is 0 Å². The number of methoxy groups -OCH3 is 3. The van der Waals surface area contributed by atoms with Crippen molar-refractivity contribution in [2.75, 3.05) is 79.4 Å². The molecule has 0 amide bonds. The van der Waals surface area contributed by atoms with E-state index in [1.54, 1.807) is 41.3 Å². The second kappa shape index (κ2) is 38.0. The minimum Gasteiger partial charge on any atom is -0.466 e. The molecule has 5 unspecified atom stereocenters. The molecule has 6 N–H and O–H groups in total. The zero-order valence-electron chi connectivity index (χ0n) is 66.4. The molecule has 25 nitrogen and oxygen atoms in total. The highest BCUT2D eigenvalue weighted by Crippen LogP contribution is 2.45. The summed E-state index contributed by atoms with van der Waals surface area (Å²) in [5.74, 6) is -1.44. The van der Waals surface area contributed by atoms with Gasteiger partial charge in [-0.3, -0.25) is 19.0 Å². The normalized spacial score (nSPS) is 20.4. The predicted molar refractivity (Wildman–Crippen MR) is 455 cm³/mol. The Kier molecular flexibility index (Phi) is 30.4. The third kappa shape index (κ3) is 22.6. The Morgan fingerprint density at radius 2 is 0.851 bits per heavy atom. The number of halogens is 6. The van der Waals surface area contributed by atoms with Crippen molar-refractivity contribution in [3.8, 4) is 0 Å². The SMILES string of the molecule is CC(C)(C)[Si](C)(C)NS(C)(=O)=O.COC(=O)C1=C(C2CCN(S(C)(=N)=O)CC2)NC(c2nccs2)=NC1c1ccc(F)cc1Cl.COC(=O)C1=C(C2CCN(S(C)(=O)=N[Si](C)(C)C(C)(C)C)CC2)NC(c2nccs2)=NC1c1ccc(F)cc1Cl.COC(=O)C1=C(C2CCNCC2)NC(c2nccs2)=NC1c1ccc(F)cc1Cl. The minimum absolute atomic E-state index is 0.0154. The van der Waals surface area contributed by atoms with Gasteiger partial charge in [-0.05, 0) is 111 Å². The molecule has 3 aromatic carbocycles. The number of aromatic nitrogens is 3. The fourth-order valence-electron chi connectivity index (χ4n) is 13.2. The Morgan fingerprint density at radius 1 is 0.535 bits per heavy atom. The van der Waals surface area contributed by atoms with Crippen LogP contribution in [-0.2, 0) is 58.4 Å². The number of carbonyl (C=O) groups excluding carboxylic acids is 3. The smallest absolute Gasteiger partial charge is 0.338 e. The van der Waals surface area contributed by atoms with Crippen LogP contribution in [0.1, 0.15) is 130 Å². The monoisotopic (exact) mass is 1780 g/mol. The van der Waals surface area contributed by atoms with E-state index in [1.807, 2.05) is 33.5 Å². The van der Waals surface area contributed by atoms with Gasteiger partial charge >= 0.3 is 17.9 Å². The van der Waals surface area contributed by atoms with Gasteiger partial charge in [-0.25, -0.2) is 77.1 Å². The second-order valence-corrected chi connectivity index (χ2v) is 51.7. The van der Waals surface area contributed by atoms with E-state index in [4.69, 9.17) is 72.8 Å². The molecule has 39 heteroatoms. The molecule has 0 aliphatic carbocycles. The number of carbonyl (C=O) groups is 3. The molecular weight excluding hydrogens is 1680 g/mol. The van der Waals surface area contributed by atoms with Crippen molar-refractivity contribution in [3.63, 3.8) is 0 Å². The predicted octanol–water partition coefficient (Wildman–Crippen LogP) is 14.9. The number of nitrogens with zero attached hydrogens (tertiary/aromatic N) is 9. The Labute approximate surface area is 695 Å². The summed E-state index contributed by atoms with van der Waals surface area (Å²) in [5, 5.41) is 21.5. The van der Waals surface area contributed by atoms with Crippen molar-refractivity contribution in [1.29, 1.82) is 4.78 Å². The summed E-state index contributed by atoms with van der Waals surface area (Å²) in [5.41, 5.74) is 4.67. The van der Waals surface area contributed by atoms with Crippen LogP contribution in [-0.4, -0.2) is 172 Å². The van der Waals surface area contributed by atoms with Crippen molar-refractivity contribution in [2.24, 2.45) is 36.8 Å². The molecule has 6 aromatic rings. The molecule has 12 rings (SSSR count). The maximum atomic E-state index is 13.9. The number of hydrogen-bond donors (Lipinski definition) is 6. The van der Waals surface area contributed by atoms with Crippen LogP contribution in [0.5, 0.6) is 0 Å². The lowest BCUT2D eigenvalue weighted by atomic mass is 9.86. The summed E-state index contributed by atoms with van der Waals surface area (Å²) < 4.78 is 124. The first kappa shape index (κ1) is 91.3. The fourth-order valence-corrected chi connectivity index (χ4v) is 27.4. The number of esters is 3. The van der Waals surface area contributed by atoms with Crippen molar-refractivity contribution in [2.45, 2.75) is 134 Å². The highest BCUT2D eigenvalue weighted by molar-refractivity contribution is 7.91. The van der Waals surface area contributed by atoms with Gasteiger partial charge < -0.3 is 35.5 Å². The number of hydrogen-bond acceptors (Lipinski definition) is 25. The quantitative estimate of drug-likeness (QED) is 0.0281. The van der Waals surface area contributed by atoms with Gasteiger partial charge in [0.15, 0.2) is 40.8 Å². The van der Waals surface area contributed by atoms with E-state index in [0.717, 1.165) is 31.6 Å². The van der Waals surface area contributed by atoms with Crippen molar-refractivity contribution in [1.82, 2.24) is 49.2 Å². The number of thiazole rings is 3. The molecule has 9 heterocycles. The highest BCUT2D eigenvalue weighted by Gasteiger charge is 2.44. The Bertz CT molecular complexity index is 5070. The maximum absolute atomic E-state index is 13.9. The van der Waals surface area contributed by atoms with E-state index in [-0.39, 0.29) is 42.9 Å². The third-order valence-corrected chi connectivity index (χ3v) is 41.2. The highest BCUT2D eigenvalue weighted by atomic mass is 35.5. The van der Waals surface area contributed by atoms with Crippen molar-refractivity contribution >= 4 is 151 Å². The number of amidine groups is 3. The maximum Gasteiger partial charge on any atom is 0.338 e. The first-order valence-electron chi connectivity index (χ1n) is 36.6. The minimum atomic E-state index is -3.05. The Hall–Kier alpha value is -6.63. The number of ether oxygens (including phenoxy) is 3. The molecule has 6 aliphatic rings. The number of nitrogens with one attached hydrogen (secondary N) is 6. The van der Waals surface area contributed by atoms with Gasteiger partial charge in [0.1, 0.15) is 53.7 Å². The summed E-state index contributed by atoms with van der Waals surface area (Å²) in [6.07, 6.45) is 13.6. The fraction of sp³-hybridized carbons (Fsp3) is 0.480. The van der Waals surface area contributed by atoms with Gasteiger partial charge in [0.05, 0.1) is 54.2 Å². The number of aliphatic imine (C=N–C) groups is 3. The van der Waals surface area contributed by atoms with E-state index in [0.29, 0.717) is 129 Å². The van der Waals surface area contributed by atoms with Gasteiger partial charge in [0.2, 0.25) is 10.0 Å². The lowest BCUT2D eigenvalue weighted by Crippen LogP contribution is -2.54. The lowest BCUT2D eigenvalue weighted by Gasteiger charge is -2.38. The zero-order valence-corrected chi connectivity index (χ0v) is 75.6. The molecule has 3 fully saturated rings. The number of sulfonamides is 1. The average molecular weight is 1780 g/mol. The Morgan fingerprint density at radius 3 is 1.11 bits per heavy atom. The molecule has 620 valence electrons. The van der Waals surface area contributed by atoms with E-state index in [9.17, 15) is 44.4 Å². The molecule has 3 saturated heterocycles. The standard InChI is InChI=1S/C27H37ClFN5O3S2Si.C21H23ClFN5O3S2.C20H20ClFN4O2S.C7H19NO2SSi/c1-27(2,3)40(6,7)33-39(5,36)34-13-10-17(11-14-34)22-21(26(35)37-4)23(19-9-8-18(29)16-20(19)28)32-24(31-22)25-30-12-15-38-25;1-31-21(29)16-17(12-5-8-28(9-6-12)33(2,24)30)26-19(20-25-7-10-32-20)27-18(16)14-4-3-13(23)11-15(14)22;1-28-20(27)15-16(11-4-6-23-7-5-11)25-18(19-24-8-9-29-19)26-17(15)13-3-2-12(22)10-14(13)21;1-7(2,3)12(5,6)8-11(4,9)10/h8-9,12,15-17,23H,10-11,13-14H2,1-7H3,(H,31,32);3-4,7,10-12,18,24H,5-6,8-9H2,1-2H3,(H,26,27);2-3,8-11,17,23H,4-7H2,1H3,(H,25,26);8H,1-6H3. The molecular formula is C75H99Cl3F3N15O10S6Si2. The van der Waals surface area contributed by atoms with Gasteiger partial charge in [0.25, 0.3) is 0 Å². The molecule has 0 saturated carbocycles. The van der Waals surface area contributed by atoms with Gasteiger partial charge in [-0.1, -0.05) is 108 Å². The Balaban J connectivity index is 0.000000184. The van der Waals surface area contributed by atoms with Crippen LogP contribution in [0.2, 0.25) is 51.3 Å². The molecule has 5 atom stereocenters. The first-order valence-corrected chi connectivity index (χ1v) is 52.0. The van der Waals surface area contributed by atoms with Gasteiger partial charge in [-0.2, -0.15) is 0 Å². The molecule has 3 aromatic heterocycles. The van der Waals surface area contributed by atoms with Gasteiger partial charge in [-0.15, -0.1) is 34.0 Å². The van der Waals surface area contributed by atoms with E-state index in [2.05, 4.69) is 95.2 Å². The lowest BCUT2D eigenvalue weighted by molar-refractivity contribution is -0.137. The van der Waals surface area contributed by atoms with Crippen molar-refractivity contribution in [3.05, 3.63) is 187 Å². The van der Waals surface area contributed by atoms with E-state index in [1.165, 1.54) is 110 Å². The van der Waals surface area contributed by atoms with Crippen molar-refractivity contribution < 1.29 is 58.6 Å². The summed E-state index contributed by atoms with van der Waals surface area (Å²) in [6, 6.07) is 9.85. The van der Waals surface area contributed by atoms with Crippen LogP contribution in [0.4, 0.5) is 13.2 Å². The molecule has 114 heavy (non-hydrogen) atoms. The summed E-state index contributed by atoms with van der Waals surface area (Å²) >= 11 is 23.5. The second-order valence-electron chi connectivity index (χ2n) is 31.1.